The minimum absolute atomic E-state index is 0.0342. The molecule has 0 aliphatic carbocycles. The molecule has 0 saturated carbocycles. The van der Waals surface area contributed by atoms with E-state index in [9.17, 15) is 9.18 Å². The molecule has 2 unspecified atom stereocenters. The standard InChI is InChI=1S/C19H28ClFN2O3/c1-2-3-8-26-19(24)23-7-4-5-14(13-23)18(25-9-6-22)15-10-16(20)12-17(21)11-15/h10-12,14,18H,2-9,13,22H2,1H3. The smallest absolute Gasteiger partial charge is 0.409 e. The van der Waals surface area contributed by atoms with Gasteiger partial charge < -0.3 is 20.1 Å². The van der Waals surface area contributed by atoms with Crippen molar-refractivity contribution >= 4 is 17.7 Å². The highest BCUT2D eigenvalue weighted by Gasteiger charge is 2.32. The zero-order valence-electron chi connectivity index (χ0n) is 15.3. The molecule has 5 nitrogen and oxygen atoms in total. The summed E-state index contributed by atoms with van der Waals surface area (Å²) in [7, 11) is 0. The first-order chi connectivity index (χ1) is 12.5. The Morgan fingerprint density at radius 3 is 2.92 bits per heavy atom. The van der Waals surface area contributed by atoms with Crippen LogP contribution in [0.25, 0.3) is 0 Å². The molecule has 1 amide bonds. The summed E-state index contributed by atoms with van der Waals surface area (Å²) in [6, 6.07) is 4.42. The lowest BCUT2D eigenvalue weighted by Gasteiger charge is -2.36. The SMILES string of the molecule is CCCCOC(=O)N1CCCC(C(OCCN)c2cc(F)cc(Cl)c2)C1. The number of hydrogen-bond donors (Lipinski definition) is 1. The van der Waals surface area contributed by atoms with Crippen LogP contribution in [0, 0.1) is 11.7 Å². The minimum atomic E-state index is -0.402. The molecule has 1 heterocycles. The van der Waals surface area contributed by atoms with E-state index in [-0.39, 0.29) is 18.1 Å². The van der Waals surface area contributed by atoms with Gasteiger partial charge in [-0.25, -0.2) is 9.18 Å². The molecule has 0 bridgehead atoms. The second kappa shape index (κ2) is 10.7. The number of rotatable bonds is 8. The van der Waals surface area contributed by atoms with Gasteiger partial charge in [-0.15, -0.1) is 0 Å². The first-order valence-electron chi connectivity index (χ1n) is 9.24. The van der Waals surface area contributed by atoms with E-state index in [0.29, 0.717) is 43.4 Å². The maximum atomic E-state index is 13.8. The largest absolute Gasteiger partial charge is 0.449 e. The van der Waals surface area contributed by atoms with E-state index < -0.39 is 5.82 Å². The third kappa shape index (κ3) is 6.11. The van der Waals surface area contributed by atoms with Crippen molar-refractivity contribution in [3.8, 4) is 0 Å². The zero-order chi connectivity index (χ0) is 18.9. The summed E-state index contributed by atoms with van der Waals surface area (Å²) in [4.78, 5) is 14.0. The van der Waals surface area contributed by atoms with Gasteiger partial charge in [-0.2, -0.15) is 0 Å². The lowest BCUT2D eigenvalue weighted by Crippen LogP contribution is -2.42. The summed E-state index contributed by atoms with van der Waals surface area (Å²) < 4.78 is 25.1. The summed E-state index contributed by atoms with van der Waals surface area (Å²) in [6.07, 6.45) is 2.90. The fourth-order valence-electron chi connectivity index (χ4n) is 3.26. The van der Waals surface area contributed by atoms with Gasteiger partial charge in [0.2, 0.25) is 0 Å². The molecule has 1 aliphatic rings. The van der Waals surface area contributed by atoms with Gasteiger partial charge in [-0.05, 0) is 43.0 Å². The van der Waals surface area contributed by atoms with Crippen LogP contribution in [0.1, 0.15) is 44.3 Å². The number of unbranched alkanes of at least 4 members (excludes halogenated alkanes) is 1. The van der Waals surface area contributed by atoms with E-state index in [1.54, 1.807) is 11.0 Å². The van der Waals surface area contributed by atoms with E-state index in [4.69, 9.17) is 26.8 Å². The van der Waals surface area contributed by atoms with E-state index >= 15 is 0 Å². The Balaban J connectivity index is 2.10. The number of carbonyl (C=O) groups is 1. The van der Waals surface area contributed by atoms with Gasteiger partial charge in [0.25, 0.3) is 0 Å². The summed E-state index contributed by atoms with van der Waals surface area (Å²) in [5, 5.41) is 0.327. The van der Waals surface area contributed by atoms with E-state index in [1.165, 1.54) is 12.1 Å². The molecule has 2 N–H and O–H groups in total. The molecular formula is C19H28ClFN2O3. The predicted molar refractivity (Wildman–Crippen MR) is 99.7 cm³/mol. The molecule has 0 radical (unpaired) electrons. The Morgan fingerprint density at radius 1 is 1.42 bits per heavy atom. The Kier molecular flexibility index (Phi) is 8.62. The maximum Gasteiger partial charge on any atom is 0.409 e. The van der Waals surface area contributed by atoms with Crippen molar-refractivity contribution in [2.24, 2.45) is 11.7 Å². The van der Waals surface area contributed by atoms with Crippen LogP contribution in [0.15, 0.2) is 18.2 Å². The number of piperidine rings is 1. The van der Waals surface area contributed by atoms with Gasteiger partial charge in [-0.1, -0.05) is 24.9 Å². The monoisotopic (exact) mass is 386 g/mol. The number of carbonyl (C=O) groups excluding carboxylic acids is 1. The fourth-order valence-corrected chi connectivity index (χ4v) is 3.49. The van der Waals surface area contributed by atoms with E-state index in [0.717, 1.165) is 25.7 Å². The number of likely N-dealkylation sites (tertiary alicyclic amines) is 1. The minimum Gasteiger partial charge on any atom is -0.449 e. The second-order valence-electron chi connectivity index (χ2n) is 6.60. The van der Waals surface area contributed by atoms with Gasteiger partial charge in [0.1, 0.15) is 5.82 Å². The maximum absolute atomic E-state index is 13.8. The molecule has 1 aromatic carbocycles. The highest BCUT2D eigenvalue weighted by atomic mass is 35.5. The van der Waals surface area contributed by atoms with Gasteiger partial charge in [-0.3, -0.25) is 0 Å². The number of benzene rings is 1. The Morgan fingerprint density at radius 2 is 2.23 bits per heavy atom. The van der Waals surface area contributed by atoms with Crippen molar-refractivity contribution in [3.63, 3.8) is 0 Å². The molecule has 2 rings (SSSR count). The average molecular weight is 387 g/mol. The third-order valence-corrected chi connectivity index (χ3v) is 4.71. The molecule has 7 heteroatoms. The van der Waals surface area contributed by atoms with Crippen molar-refractivity contribution < 1.29 is 18.7 Å². The summed E-state index contributed by atoms with van der Waals surface area (Å²) in [6.45, 7) is 4.38. The van der Waals surface area contributed by atoms with Crippen LogP contribution in [-0.4, -0.2) is 43.8 Å². The number of ether oxygens (including phenoxy) is 2. The van der Waals surface area contributed by atoms with Gasteiger partial charge >= 0.3 is 6.09 Å². The van der Waals surface area contributed by atoms with Gasteiger partial charge in [0.15, 0.2) is 0 Å². The first-order valence-corrected chi connectivity index (χ1v) is 9.62. The van der Waals surface area contributed by atoms with Gasteiger partial charge in [0.05, 0.1) is 19.3 Å². The van der Waals surface area contributed by atoms with Crippen LogP contribution in [0.2, 0.25) is 5.02 Å². The summed E-state index contributed by atoms with van der Waals surface area (Å²) >= 11 is 6.01. The number of nitrogens with zero attached hydrogens (tertiary/aromatic N) is 1. The first kappa shape index (κ1) is 20.9. The Bertz CT molecular complexity index is 568. The summed E-state index contributed by atoms with van der Waals surface area (Å²) in [5.74, 6) is -0.368. The van der Waals surface area contributed by atoms with Crippen molar-refractivity contribution in [2.45, 2.75) is 38.7 Å². The fraction of sp³-hybridized carbons (Fsp3) is 0.632. The number of nitrogens with two attached hydrogens (primary N) is 1. The van der Waals surface area contributed by atoms with Crippen LogP contribution in [0.4, 0.5) is 9.18 Å². The molecule has 26 heavy (non-hydrogen) atoms. The Hall–Kier alpha value is -1.37. The van der Waals surface area contributed by atoms with Crippen LogP contribution in [-0.2, 0) is 9.47 Å². The lowest BCUT2D eigenvalue weighted by molar-refractivity contribution is -0.0128. The normalized spacial score (nSPS) is 18.6. The Labute approximate surface area is 159 Å². The molecule has 2 atom stereocenters. The number of halogens is 2. The molecule has 146 valence electrons. The van der Waals surface area contributed by atoms with Gasteiger partial charge in [0, 0.05) is 30.6 Å². The molecule has 1 fully saturated rings. The van der Waals surface area contributed by atoms with Crippen molar-refractivity contribution in [1.29, 1.82) is 0 Å². The predicted octanol–water partition coefficient (Wildman–Crippen LogP) is 4.14. The quantitative estimate of drug-likeness (QED) is 0.682. The number of amides is 1. The second-order valence-corrected chi connectivity index (χ2v) is 7.04. The summed E-state index contributed by atoms with van der Waals surface area (Å²) in [5.41, 5.74) is 6.25. The molecule has 0 spiro atoms. The van der Waals surface area contributed by atoms with E-state index in [2.05, 4.69) is 0 Å². The lowest BCUT2D eigenvalue weighted by atomic mass is 9.88. The van der Waals surface area contributed by atoms with Crippen molar-refractivity contribution in [2.75, 3.05) is 32.8 Å². The van der Waals surface area contributed by atoms with Crippen LogP contribution >= 0.6 is 11.6 Å². The van der Waals surface area contributed by atoms with Crippen molar-refractivity contribution in [3.05, 3.63) is 34.6 Å². The number of hydrogen-bond acceptors (Lipinski definition) is 4. The molecule has 1 aromatic rings. The molecular weight excluding hydrogens is 359 g/mol. The highest BCUT2D eigenvalue weighted by molar-refractivity contribution is 6.30. The van der Waals surface area contributed by atoms with Crippen LogP contribution < -0.4 is 5.73 Å². The van der Waals surface area contributed by atoms with Crippen molar-refractivity contribution in [1.82, 2.24) is 4.90 Å². The molecule has 1 aliphatic heterocycles. The molecule has 0 aromatic heterocycles. The van der Waals surface area contributed by atoms with E-state index in [1.807, 2.05) is 6.92 Å². The topological polar surface area (TPSA) is 64.8 Å². The third-order valence-electron chi connectivity index (χ3n) is 4.50. The highest BCUT2D eigenvalue weighted by Crippen LogP contribution is 2.34. The van der Waals surface area contributed by atoms with Crippen LogP contribution in [0.5, 0.6) is 0 Å². The average Bonchev–Trinajstić information content (AvgIpc) is 2.61. The van der Waals surface area contributed by atoms with Crippen LogP contribution in [0.3, 0.4) is 0 Å². The molecule has 1 saturated heterocycles. The zero-order valence-corrected chi connectivity index (χ0v) is 16.0.